The van der Waals surface area contributed by atoms with E-state index in [0.29, 0.717) is 12.1 Å². The maximum Gasteiger partial charge on any atom is 0.0912 e. The highest BCUT2D eigenvalue weighted by Crippen LogP contribution is 2.32. The van der Waals surface area contributed by atoms with Crippen molar-refractivity contribution >= 4 is 15.9 Å². The van der Waals surface area contributed by atoms with Crippen molar-refractivity contribution < 1.29 is 4.74 Å². The molecule has 0 radical (unpaired) electrons. The number of morpholine rings is 1. The molecule has 6 heteroatoms. The number of ether oxygens (including phenoxy) is 1. The minimum absolute atomic E-state index is 0.158. The second-order valence-corrected chi connectivity index (χ2v) is 7.20. The van der Waals surface area contributed by atoms with E-state index in [0.717, 1.165) is 17.6 Å². The van der Waals surface area contributed by atoms with E-state index in [1.807, 2.05) is 13.2 Å². The SMILES string of the molecule is CNC(c1c(Br)cnn1C(C)C)C1CN2CCCC2CO1. The van der Waals surface area contributed by atoms with Crippen molar-refractivity contribution in [2.24, 2.45) is 0 Å². The average Bonchev–Trinajstić information content (AvgIpc) is 3.07. The van der Waals surface area contributed by atoms with Crippen LogP contribution in [0.3, 0.4) is 0 Å². The Bertz CT molecular complexity index is 490. The van der Waals surface area contributed by atoms with Gasteiger partial charge in [0.15, 0.2) is 0 Å². The lowest BCUT2D eigenvalue weighted by Crippen LogP contribution is -2.50. The molecule has 3 atom stereocenters. The number of hydrogen-bond donors (Lipinski definition) is 1. The Kier molecular flexibility index (Phi) is 4.69. The first kappa shape index (κ1) is 15.5. The molecule has 0 aliphatic carbocycles. The molecule has 0 saturated carbocycles. The van der Waals surface area contributed by atoms with Crippen LogP contribution in [0.5, 0.6) is 0 Å². The second-order valence-electron chi connectivity index (χ2n) is 6.35. The van der Waals surface area contributed by atoms with Crippen LogP contribution < -0.4 is 5.32 Å². The van der Waals surface area contributed by atoms with Crippen molar-refractivity contribution in [1.82, 2.24) is 20.0 Å². The summed E-state index contributed by atoms with van der Waals surface area (Å²) in [6, 6.07) is 1.13. The third-order valence-corrected chi connectivity index (χ3v) is 5.28. The van der Waals surface area contributed by atoms with Crippen LogP contribution in [0, 0.1) is 0 Å². The van der Waals surface area contributed by atoms with E-state index in [1.165, 1.54) is 25.1 Å². The van der Waals surface area contributed by atoms with Crippen molar-refractivity contribution in [3.63, 3.8) is 0 Å². The predicted molar refractivity (Wildman–Crippen MR) is 86.4 cm³/mol. The molecule has 3 unspecified atom stereocenters. The van der Waals surface area contributed by atoms with E-state index in [-0.39, 0.29) is 12.1 Å². The van der Waals surface area contributed by atoms with Crippen LogP contribution in [-0.2, 0) is 4.74 Å². The van der Waals surface area contributed by atoms with Crippen LogP contribution in [0.2, 0.25) is 0 Å². The van der Waals surface area contributed by atoms with Gasteiger partial charge in [-0.05, 0) is 56.2 Å². The Hall–Kier alpha value is -0.430. The van der Waals surface area contributed by atoms with Gasteiger partial charge in [-0.15, -0.1) is 0 Å². The Labute approximate surface area is 135 Å². The molecule has 1 aromatic heterocycles. The van der Waals surface area contributed by atoms with Gasteiger partial charge in [0.25, 0.3) is 0 Å². The van der Waals surface area contributed by atoms with Crippen molar-refractivity contribution in [3.05, 3.63) is 16.4 Å². The quantitative estimate of drug-likeness (QED) is 0.898. The fourth-order valence-corrected chi connectivity index (χ4v) is 4.12. The fourth-order valence-electron chi connectivity index (χ4n) is 3.60. The lowest BCUT2D eigenvalue weighted by Gasteiger charge is -2.39. The molecule has 0 amide bonds. The first-order chi connectivity index (χ1) is 10.1. The van der Waals surface area contributed by atoms with Gasteiger partial charge in [0.1, 0.15) is 0 Å². The highest BCUT2D eigenvalue weighted by molar-refractivity contribution is 9.10. The molecule has 0 bridgehead atoms. The smallest absolute Gasteiger partial charge is 0.0912 e. The number of aromatic nitrogens is 2. The summed E-state index contributed by atoms with van der Waals surface area (Å²) in [7, 11) is 2.01. The Balaban J connectivity index is 1.83. The molecule has 3 rings (SSSR count). The first-order valence-corrected chi connectivity index (χ1v) is 8.67. The van der Waals surface area contributed by atoms with Gasteiger partial charge in [-0.1, -0.05) is 0 Å². The molecule has 0 aromatic carbocycles. The molecule has 1 N–H and O–H groups in total. The van der Waals surface area contributed by atoms with E-state index in [9.17, 15) is 0 Å². The zero-order valence-corrected chi connectivity index (χ0v) is 14.6. The lowest BCUT2D eigenvalue weighted by molar-refractivity contribution is -0.0656. The number of nitrogens with zero attached hydrogens (tertiary/aromatic N) is 3. The third-order valence-electron chi connectivity index (χ3n) is 4.67. The maximum absolute atomic E-state index is 6.19. The molecular weight excluding hydrogens is 332 g/mol. The Morgan fingerprint density at radius 2 is 2.29 bits per heavy atom. The first-order valence-electron chi connectivity index (χ1n) is 7.87. The van der Waals surface area contributed by atoms with Crippen molar-refractivity contribution in [1.29, 1.82) is 0 Å². The summed E-state index contributed by atoms with van der Waals surface area (Å²) in [5.74, 6) is 0. The molecule has 0 spiro atoms. The van der Waals surface area contributed by atoms with Crippen molar-refractivity contribution in [3.8, 4) is 0 Å². The van der Waals surface area contributed by atoms with Gasteiger partial charge in [0.2, 0.25) is 0 Å². The number of rotatable bonds is 4. The minimum atomic E-state index is 0.158. The molecule has 1 aromatic rings. The van der Waals surface area contributed by atoms with Crippen LogP contribution in [0.15, 0.2) is 10.7 Å². The van der Waals surface area contributed by atoms with E-state index in [1.54, 1.807) is 0 Å². The van der Waals surface area contributed by atoms with Crippen LogP contribution in [0.25, 0.3) is 0 Å². The number of hydrogen-bond acceptors (Lipinski definition) is 4. The van der Waals surface area contributed by atoms with Crippen LogP contribution in [0.1, 0.15) is 44.5 Å². The summed E-state index contributed by atoms with van der Waals surface area (Å²) in [4.78, 5) is 2.59. The van der Waals surface area contributed by atoms with E-state index >= 15 is 0 Å². The van der Waals surface area contributed by atoms with Gasteiger partial charge < -0.3 is 10.1 Å². The van der Waals surface area contributed by atoms with Crippen LogP contribution >= 0.6 is 15.9 Å². The average molecular weight is 357 g/mol. The van der Waals surface area contributed by atoms with Gasteiger partial charge in [-0.25, -0.2) is 0 Å². The number of halogens is 1. The minimum Gasteiger partial charge on any atom is -0.373 e. The van der Waals surface area contributed by atoms with E-state index < -0.39 is 0 Å². The summed E-state index contributed by atoms with van der Waals surface area (Å²) in [6.07, 6.45) is 4.65. The molecule has 2 saturated heterocycles. The molecule has 2 aliphatic heterocycles. The van der Waals surface area contributed by atoms with Crippen molar-refractivity contribution in [2.45, 2.75) is 50.9 Å². The number of nitrogens with one attached hydrogen (secondary N) is 1. The summed E-state index contributed by atoms with van der Waals surface area (Å²) in [5, 5.41) is 7.95. The topological polar surface area (TPSA) is 42.3 Å². The van der Waals surface area contributed by atoms with E-state index in [2.05, 4.69) is 49.8 Å². The molecular formula is C15H25BrN4O. The summed E-state index contributed by atoms with van der Waals surface area (Å²) in [5.41, 5.74) is 1.19. The molecule has 2 aliphatic rings. The Morgan fingerprint density at radius 3 is 3.00 bits per heavy atom. The van der Waals surface area contributed by atoms with E-state index in [4.69, 9.17) is 4.74 Å². The fraction of sp³-hybridized carbons (Fsp3) is 0.800. The van der Waals surface area contributed by atoms with Gasteiger partial charge in [-0.3, -0.25) is 9.58 Å². The molecule has 5 nitrogen and oxygen atoms in total. The molecule has 3 heterocycles. The van der Waals surface area contributed by atoms with Crippen molar-refractivity contribution in [2.75, 3.05) is 26.7 Å². The van der Waals surface area contributed by atoms with Gasteiger partial charge in [-0.2, -0.15) is 5.10 Å². The molecule has 21 heavy (non-hydrogen) atoms. The van der Waals surface area contributed by atoms with Gasteiger partial charge in [0.05, 0.1) is 35.1 Å². The summed E-state index contributed by atoms with van der Waals surface area (Å²) < 4.78 is 9.34. The Morgan fingerprint density at radius 1 is 1.48 bits per heavy atom. The maximum atomic E-state index is 6.19. The molecule has 118 valence electrons. The summed E-state index contributed by atoms with van der Waals surface area (Å²) in [6.45, 7) is 7.40. The van der Waals surface area contributed by atoms with Gasteiger partial charge in [0, 0.05) is 18.6 Å². The standard InChI is InChI=1S/C15H25BrN4O/c1-10(2)20-15(12(16)7-18-20)14(17-3)13-8-19-6-4-5-11(19)9-21-13/h7,10-11,13-14,17H,4-6,8-9H2,1-3H3. The zero-order valence-electron chi connectivity index (χ0n) is 13.1. The molecule has 2 fully saturated rings. The van der Waals surface area contributed by atoms with Crippen LogP contribution in [0.4, 0.5) is 0 Å². The lowest BCUT2D eigenvalue weighted by atomic mass is 10.0. The monoisotopic (exact) mass is 356 g/mol. The number of likely N-dealkylation sites (N-methyl/N-ethyl adjacent to an activating group) is 1. The van der Waals surface area contributed by atoms with Crippen LogP contribution in [-0.4, -0.2) is 53.6 Å². The zero-order chi connectivity index (χ0) is 15.0. The highest BCUT2D eigenvalue weighted by Gasteiger charge is 2.37. The number of fused-ring (bicyclic) bond motifs is 1. The normalized spacial score (nSPS) is 28.0. The largest absolute Gasteiger partial charge is 0.373 e. The second kappa shape index (κ2) is 6.36. The summed E-state index contributed by atoms with van der Waals surface area (Å²) >= 11 is 3.66. The predicted octanol–water partition coefficient (Wildman–Crippen LogP) is 2.35. The highest BCUT2D eigenvalue weighted by atomic mass is 79.9. The third kappa shape index (κ3) is 2.91. The van der Waals surface area contributed by atoms with Gasteiger partial charge >= 0.3 is 0 Å².